The quantitative estimate of drug-likeness (QED) is 0.569. The van der Waals surface area contributed by atoms with E-state index < -0.39 is 20.1 Å². The normalized spacial score (nSPS) is 18.2. The van der Waals surface area contributed by atoms with Crippen LogP contribution in [0.2, 0.25) is 19.6 Å². The summed E-state index contributed by atoms with van der Waals surface area (Å²) in [5, 5.41) is 0. The van der Waals surface area contributed by atoms with Crippen LogP contribution in [-0.4, -0.2) is 27.2 Å². The van der Waals surface area contributed by atoms with Crippen LogP contribution in [0.1, 0.15) is 31.9 Å². The summed E-state index contributed by atoms with van der Waals surface area (Å²) in [6.45, 7) is 9.82. The molecule has 6 heteroatoms. The molecule has 1 aromatic carbocycles. The Morgan fingerprint density at radius 2 is 1.83 bits per heavy atom. The Balaban J connectivity index is 2.32. The highest BCUT2D eigenvalue weighted by molar-refractivity contribution is 6.69. The third-order valence-corrected chi connectivity index (χ3v) is 4.36. The topological polar surface area (TPSA) is 54.0 Å². The predicted molar refractivity (Wildman–Crippen MR) is 94.1 cm³/mol. The lowest BCUT2D eigenvalue weighted by Crippen LogP contribution is -2.35. The second kappa shape index (κ2) is 6.99. The van der Waals surface area contributed by atoms with Crippen LogP contribution in [0.5, 0.6) is 5.75 Å². The summed E-state index contributed by atoms with van der Waals surface area (Å²) in [7, 11) is -0.190. The van der Waals surface area contributed by atoms with E-state index in [4.69, 9.17) is 18.6 Å². The SMILES string of the molecule is COc1ccccc1C(CC1=CC(=O)OC(C)(C)O1)O[Si](C)(C)C. The minimum atomic E-state index is -1.83. The van der Waals surface area contributed by atoms with E-state index in [2.05, 4.69) is 19.6 Å². The Morgan fingerprint density at radius 3 is 2.42 bits per heavy atom. The van der Waals surface area contributed by atoms with Crippen LogP contribution in [0.3, 0.4) is 0 Å². The highest BCUT2D eigenvalue weighted by Gasteiger charge is 2.33. The maximum atomic E-state index is 11.8. The van der Waals surface area contributed by atoms with E-state index in [1.807, 2.05) is 24.3 Å². The van der Waals surface area contributed by atoms with Crippen molar-refractivity contribution >= 4 is 14.3 Å². The third kappa shape index (κ3) is 5.11. The van der Waals surface area contributed by atoms with Crippen molar-refractivity contribution in [1.29, 1.82) is 0 Å². The van der Waals surface area contributed by atoms with Crippen LogP contribution in [0.25, 0.3) is 0 Å². The first kappa shape index (κ1) is 18.5. The molecule has 1 aromatic rings. The van der Waals surface area contributed by atoms with Gasteiger partial charge in [-0.1, -0.05) is 18.2 Å². The number of cyclic esters (lactones) is 1. The zero-order valence-electron chi connectivity index (χ0n) is 15.2. The minimum Gasteiger partial charge on any atom is -0.496 e. The fourth-order valence-corrected chi connectivity index (χ4v) is 3.69. The monoisotopic (exact) mass is 350 g/mol. The average molecular weight is 350 g/mol. The average Bonchev–Trinajstić information content (AvgIpc) is 2.43. The van der Waals surface area contributed by atoms with Crippen LogP contribution in [0.15, 0.2) is 36.1 Å². The molecule has 132 valence electrons. The summed E-state index contributed by atoms with van der Waals surface area (Å²) in [6, 6.07) is 7.76. The first-order valence-electron chi connectivity index (χ1n) is 8.03. The number of para-hydroxylation sites is 1. The summed E-state index contributed by atoms with van der Waals surface area (Å²) in [6.07, 6.45) is 1.59. The largest absolute Gasteiger partial charge is 0.496 e. The molecule has 1 atom stereocenters. The molecule has 0 N–H and O–H groups in total. The second-order valence-electron chi connectivity index (χ2n) is 7.20. The van der Waals surface area contributed by atoms with E-state index in [0.29, 0.717) is 12.2 Å². The number of hydrogen-bond acceptors (Lipinski definition) is 5. The molecule has 0 amide bonds. The predicted octanol–water partition coefficient (Wildman–Crippen LogP) is 4.17. The van der Waals surface area contributed by atoms with Crippen LogP contribution < -0.4 is 4.74 Å². The van der Waals surface area contributed by atoms with Crippen molar-refractivity contribution in [1.82, 2.24) is 0 Å². The fraction of sp³-hybridized carbons (Fsp3) is 0.500. The summed E-state index contributed by atoms with van der Waals surface area (Å²) in [5.74, 6) is -0.0384. The van der Waals surface area contributed by atoms with Crippen molar-refractivity contribution in [2.75, 3.05) is 7.11 Å². The third-order valence-electron chi connectivity index (χ3n) is 3.37. The molecular formula is C18H26O5Si. The van der Waals surface area contributed by atoms with E-state index in [1.54, 1.807) is 21.0 Å². The van der Waals surface area contributed by atoms with E-state index in [9.17, 15) is 4.79 Å². The van der Waals surface area contributed by atoms with Gasteiger partial charge in [-0.05, 0) is 25.7 Å². The van der Waals surface area contributed by atoms with Gasteiger partial charge in [0.25, 0.3) is 0 Å². The lowest BCUT2D eigenvalue weighted by Gasteiger charge is -2.33. The first-order chi connectivity index (χ1) is 11.1. The number of carbonyl (C=O) groups excluding carboxylic acids is 1. The van der Waals surface area contributed by atoms with Crippen LogP contribution in [0, 0.1) is 0 Å². The van der Waals surface area contributed by atoms with Crippen molar-refractivity contribution in [2.24, 2.45) is 0 Å². The van der Waals surface area contributed by atoms with Crippen molar-refractivity contribution in [3.63, 3.8) is 0 Å². The lowest BCUT2D eigenvalue weighted by molar-refractivity contribution is -0.206. The Labute approximate surface area is 144 Å². The van der Waals surface area contributed by atoms with Gasteiger partial charge in [0.05, 0.1) is 19.3 Å². The molecule has 0 aromatic heterocycles. The van der Waals surface area contributed by atoms with Gasteiger partial charge < -0.3 is 18.6 Å². The summed E-state index contributed by atoms with van der Waals surface area (Å²) in [5.41, 5.74) is 0.948. The summed E-state index contributed by atoms with van der Waals surface area (Å²) < 4.78 is 22.8. The van der Waals surface area contributed by atoms with Gasteiger partial charge in [-0.3, -0.25) is 0 Å². The molecule has 1 heterocycles. The van der Waals surface area contributed by atoms with Gasteiger partial charge in [-0.2, -0.15) is 0 Å². The Bertz CT molecular complexity index is 631. The van der Waals surface area contributed by atoms with Gasteiger partial charge in [-0.25, -0.2) is 4.79 Å². The number of carbonyl (C=O) groups is 1. The van der Waals surface area contributed by atoms with Crippen LogP contribution >= 0.6 is 0 Å². The van der Waals surface area contributed by atoms with Crippen LogP contribution in [0.4, 0.5) is 0 Å². The number of hydrogen-bond donors (Lipinski definition) is 0. The molecule has 5 nitrogen and oxygen atoms in total. The summed E-state index contributed by atoms with van der Waals surface area (Å²) in [4.78, 5) is 11.8. The molecule has 0 saturated heterocycles. The minimum absolute atomic E-state index is 0.249. The van der Waals surface area contributed by atoms with Crippen molar-refractivity contribution < 1.29 is 23.4 Å². The molecule has 0 radical (unpaired) electrons. The van der Waals surface area contributed by atoms with Crippen molar-refractivity contribution in [2.45, 2.75) is 51.8 Å². The van der Waals surface area contributed by atoms with Gasteiger partial charge in [0.2, 0.25) is 5.79 Å². The molecule has 0 aliphatic carbocycles. The van der Waals surface area contributed by atoms with Gasteiger partial charge in [0, 0.05) is 25.8 Å². The van der Waals surface area contributed by atoms with Gasteiger partial charge in [0.15, 0.2) is 8.32 Å². The molecular weight excluding hydrogens is 324 g/mol. The Kier molecular flexibility index (Phi) is 5.40. The van der Waals surface area contributed by atoms with E-state index >= 15 is 0 Å². The number of esters is 1. The molecule has 1 unspecified atom stereocenters. The molecule has 1 aliphatic heterocycles. The van der Waals surface area contributed by atoms with Crippen LogP contribution in [-0.2, 0) is 18.7 Å². The molecule has 1 aliphatic rings. The number of benzene rings is 1. The van der Waals surface area contributed by atoms with Gasteiger partial charge >= 0.3 is 5.97 Å². The zero-order valence-corrected chi connectivity index (χ0v) is 16.2. The molecule has 0 fully saturated rings. The number of methoxy groups -OCH3 is 1. The molecule has 24 heavy (non-hydrogen) atoms. The maximum absolute atomic E-state index is 11.8. The first-order valence-corrected chi connectivity index (χ1v) is 11.4. The molecule has 0 saturated carbocycles. The standard InChI is InChI=1S/C18H26O5Si/c1-18(2)21-13(12-17(19)22-18)11-16(23-24(4,5)6)14-9-7-8-10-15(14)20-3/h7-10,12,16H,11H2,1-6H3. The fourth-order valence-electron chi connectivity index (χ4n) is 2.63. The van der Waals surface area contributed by atoms with E-state index in [-0.39, 0.29) is 6.10 Å². The van der Waals surface area contributed by atoms with E-state index in [0.717, 1.165) is 11.3 Å². The Hall–Kier alpha value is -1.79. The molecule has 0 bridgehead atoms. The maximum Gasteiger partial charge on any atom is 0.337 e. The van der Waals surface area contributed by atoms with E-state index in [1.165, 1.54) is 6.08 Å². The molecule has 2 rings (SSSR count). The van der Waals surface area contributed by atoms with Crippen molar-refractivity contribution in [3.8, 4) is 5.75 Å². The Morgan fingerprint density at radius 1 is 1.17 bits per heavy atom. The smallest absolute Gasteiger partial charge is 0.337 e. The van der Waals surface area contributed by atoms with Gasteiger partial charge in [0.1, 0.15) is 11.5 Å². The second-order valence-corrected chi connectivity index (χ2v) is 11.7. The zero-order chi connectivity index (χ0) is 18.0. The highest BCUT2D eigenvalue weighted by Crippen LogP contribution is 2.36. The highest BCUT2D eigenvalue weighted by atomic mass is 28.4. The van der Waals surface area contributed by atoms with Crippen molar-refractivity contribution in [3.05, 3.63) is 41.7 Å². The number of rotatable bonds is 6. The number of ether oxygens (including phenoxy) is 3. The van der Waals surface area contributed by atoms with Gasteiger partial charge in [-0.15, -0.1) is 0 Å². The lowest BCUT2D eigenvalue weighted by atomic mass is 10.0. The molecule has 0 spiro atoms. The summed E-state index contributed by atoms with van der Waals surface area (Å²) >= 11 is 0.